The lowest BCUT2D eigenvalue weighted by Crippen LogP contribution is -2.21. The van der Waals surface area contributed by atoms with Crippen molar-refractivity contribution in [2.24, 2.45) is 0 Å². The molecule has 0 fully saturated rings. The highest BCUT2D eigenvalue weighted by atomic mass is 16.4. The molecule has 0 aliphatic heterocycles. The third-order valence-electron chi connectivity index (χ3n) is 4.49. The number of aromatic nitrogens is 2. The molecule has 4 aromatic rings. The first-order valence-corrected chi connectivity index (χ1v) is 9.37. The molecule has 0 unspecified atom stereocenters. The van der Waals surface area contributed by atoms with Gasteiger partial charge in [-0.3, -0.25) is 0 Å². The zero-order valence-corrected chi connectivity index (χ0v) is 17.1. The highest BCUT2D eigenvalue weighted by Crippen LogP contribution is 2.25. The number of aliphatic hydroxyl groups is 2. The summed E-state index contributed by atoms with van der Waals surface area (Å²) in [6.07, 6.45) is 0. The lowest BCUT2D eigenvalue weighted by Gasteiger charge is -2.20. The van der Waals surface area contributed by atoms with E-state index < -0.39 is 0 Å². The lowest BCUT2D eigenvalue weighted by atomic mass is 10.1. The molecular formula is C22H27N3O4. The van der Waals surface area contributed by atoms with E-state index in [4.69, 9.17) is 14.6 Å². The maximum absolute atomic E-state index is 12.5. The standard InChI is InChI=1S/C20H19N3O2.2CH4O/c1-3-23(4-2)14-10-9-13-11-15(20(24)25-18(13)12-14)19-21-16-7-5-6-8-17(16)22-19;2*1-2/h5-12H,3-4H2,1-2H3,(H,21,22);2*2H,1H3. The molecular weight excluding hydrogens is 370 g/mol. The van der Waals surface area contributed by atoms with Crippen LogP contribution in [0.25, 0.3) is 33.4 Å². The number of nitrogens with one attached hydrogen (secondary N) is 1. The molecule has 0 saturated carbocycles. The first-order chi connectivity index (χ1) is 14.2. The van der Waals surface area contributed by atoms with Crippen molar-refractivity contribution in [2.45, 2.75) is 13.8 Å². The minimum atomic E-state index is -0.386. The Labute approximate surface area is 169 Å². The van der Waals surface area contributed by atoms with E-state index in [1.165, 1.54) is 0 Å². The van der Waals surface area contributed by atoms with E-state index in [1.807, 2.05) is 42.5 Å². The van der Waals surface area contributed by atoms with Gasteiger partial charge in [0.25, 0.3) is 0 Å². The highest BCUT2D eigenvalue weighted by Gasteiger charge is 2.13. The van der Waals surface area contributed by atoms with Crippen LogP contribution in [-0.4, -0.2) is 47.5 Å². The summed E-state index contributed by atoms with van der Waals surface area (Å²) in [5.74, 6) is 0.532. The van der Waals surface area contributed by atoms with Crippen molar-refractivity contribution in [1.82, 2.24) is 9.97 Å². The Balaban J connectivity index is 0.000000707. The fourth-order valence-electron chi connectivity index (χ4n) is 3.13. The average molecular weight is 397 g/mol. The van der Waals surface area contributed by atoms with E-state index >= 15 is 0 Å². The summed E-state index contributed by atoms with van der Waals surface area (Å²) in [6.45, 7) is 6.02. The molecule has 7 nitrogen and oxygen atoms in total. The van der Waals surface area contributed by atoms with Crippen LogP contribution in [0.3, 0.4) is 0 Å². The van der Waals surface area contributed by atoms with Crippen LogP contribution in [0.1, 0.15) is 13.8 Å². The maximum atomic E-state index is 12.5. The number of hydrogen-bond acceptors (Lipinski definition) is 6. The van der Waals surface area contributed by atoms with Gasteiger partial charge in [0, 0.05) is 44.4 Å². The normalized spacial score (nSPS) is 10.1. The molecule has 4 rings (SSSR count). The van der Waals surface area contributed by atoms with Crippen LogP contribution < -0.4 is 10.5 Å². The van der Waals surface area contributed by atoms with Gasteiger partial charge in [-0.15, -0.1) is 0 Å². The number of fused-ring (bicyclic) bond motifs is 2. The average Bonchev–Trinajstić information content (AvgIpc) is 3.21. The van der Waals surface area contributed by atoms with Crippen LogP contribution in [0.15, 0.2) is 57.7 Å². The zero-order chi connectivity index (χ0) is 21.4. The van der Waals surface area contributed by atoms with E-state index in [9.17, 15) is 4.79 Å². The number of aliphatic hydroxyl groups excluding tert-OH is 2. The third-order valence-corrected chi connectivity index (χ3v) is 4.49. The van der Waals surface area contributed by atoms with Crippen LogP contribution in [-0.2, 0) is 0 Å². The summed E-state index contributed by atoms with van der Waals surface area (Å²) in [6, 6.07) is 15.5. The highest BCUT2D eigenvalue weighted by molar-refractivity contribution is 5.85. The summed E-state index contributed by atoms with van der Waals surface area (Å²) in [4.78, 5) is 22.4. The first kappa shape index (κ1) is 22.1. The van der Waals surface area contributed by atoms with E-state index in [0.29, 0.717) is 17.0 Å². The second-order valence-corrected chi connectivity index (χ2v) is 5.94. The Morgan fingerprint density at radius 3 is 2.34 bits per heavy atom. The number of benzene rings is 2. The number of para-hydroxylation sites is 2. The van der Waals surface area contributed by atoms with Crippen molar-refractivity contribution in [1.29, 1.82) is 0 Å². The Kier molecular flexibility index (Phi) is 7.94. The molecule has 0 radical (unpaired) electrons. The molecule has 7 heteroatoms. The van der Waals surface area contributed by atoms with Gasteiger partial charge in [0.15, 0.2) is 0 Å². The molecule has 0 aliphatic carbocycles. The van der Waals surface area contributed by atoms with Gasteiger partial charge in [0.2, 0.25) is 0 Å². The molecule has 0 aliphatic rings. The van der Waals surface area contributed by atoms with E-state index in [0.717, 1.165) is 49.4 Å². The molecule has 0 saturated heterocycles. The van der Waals surface area contributed by atoms with Gasteiger partial charge < -0.3 is 24.5 Å². The van der Waals surface area contributed by atoms with Crippen LogP contribution >= 0.6 is 0 Å². The second-order valence-electron chi connectivity index (χ2n) is 5.94. The molecule has 2 heterocycles. The Morgan fingerprint density at radius 2 is 1.69 bits per heavy atom. The number of anilines is 1. The number of H-pyrrole nitrogens is 1. The quantitative estimate of drug-likeness (QED) is 0.456. The number of imidazole rings is 1. The van der Waals surface area contributed by atoms with Crippen molar-refractivity contribution in [3.63, 3.8) is 0 Å². The topological polar surface area (TPSA) is 103 Å². The third kappa shape index (κ3) is 4.64. The minimum Gasteiger partial charge on any atom is -0.422 e. The first-order valence-electron chi connectivity index (χ1n) is 9.37. The molecule has 0 spiro atoms. The smallest absolute Gasteiger partial charge is 0.347 e. The molecule has 29 heavy (non-hydrogen) atoms. The van der Waals surface area contributed by atoms with Crippen molar-refractivity contribution in [3.8, 4) is 11.4 Å². The maximum Gasteiger partial charge on any atom is 0.347 e. The van der Waals surface area contributed by atoms with Crippen LogP contribution in [0.4, 0.5) is 5.69 Å². The number of nitrogens with zero attached hydrogens (tertiary/aromatic N) is 2. The van der Waals surface area contributed by atoms with Crippen LogP contribution in [0, 0.1) is 0 Å². The van der Waals surface area contributed by atoms with E-state index in [2.05, 4.69) is 34.8 Å². The zero-order valence-electron chi connectivity index (χ0n) is 17.1. The summed E-state index contributed by atoms with van der Waals surface area (Å²) < 4.78 is 5.58. The predicted molar refractivity (Wildman–Crippen MR) is 117 cm³/mol. The Bertz CT molecular complexity index is 1080. The summed E-state index contributed by atoms with van der Waals surface area (Å²) in [5.41, 5.74) is 3.43. The summed E-state index contributed by atoms with van der Waals surface area (Å²) in [7, 11) is 2.00. The van der Waals surface area contributed by atoms with Gasteiger partial charge in [0.1, 0.15) is 17.0 Å². The summed E-state index contributed by atoms with van der Waals surface area (Å²) in [5, 5.41) is 14.9. The van der Waals surface area contributed by atoms with Crippen molar-refractivity contribution in [3.05, 3.63) is 59.0 Å². The van der Waals surface area contributed by atoms with Crippen LogP contribution in [0.5, 0.6) is 0 Å². The predicted octanol–water partition coefficient (Wildman–Crippen LogP) is 3.40. The van der Waals surface area contributed by atoms with Gasteiger partial charge in [-0.1, -0.05) is 12.1 Å². The summed E-state index contributed by atoms with van der Waals surface area (Å²) >= 11 is 0. The largest absolute Gasteiger partial charge is 0.422 e. The Morgan fingerprint density at radius 1 is 1.00 bits per heavy atom. The SMILES string of the molecule is CCN(CC)c1ccc2cc(-c3nc4ccccc4[nH]3)c(=O)oc2c1.CO.CO. The van der Waals surface area contributed by atoms with Gasteiger partial charge in [-0.25, -0.2) is 9.78 Å². The number of rotatable bonds is 4. The lowest BCUT2D eigenvalue weighted by molar-refractivity contribution is 0.399. The molecule has 3 N–H and O–H groups in total. The van der Waals surface area contributed by atoms with Gasteiger partial charge in [0.05, 0.1) is 11.0 Å². The van der Waals surface area contributed by atoms with E-state index in [1.54, 1.807) is 0 Å². The molecule has 2 aromatic carbocycles. The molecule has 154 valence electrons. The van der Waals surface area contributed by atoms with Crippen molar-refractivity contribution < 1.29 is 14.6 Å². The molecule has 0 atom stereocenters. The van der Waals surface area contributed by atoms with Crippen LogP contribution in [0.2, 0.25) is 0 Å². The molecule has 0 amide bonds. The fourth-order valence-corrected chi connectivity index (χ4v) is 3.13. The minimum absolute atomic E-state index is 0.386. The van der Waals surface area contributed by atoms with Gasteiger partial charge in [-0.05, 0) is 44.2 Å². The van der Waals surface area contributed by atoms with Gasteiger partial charge >= 0.3 is 5.63 Å². The van der Waals surface area contributed by atoms with Gasteiger partial charge in [-0.2, -0.15) is 0 Å². The van der Waals surface area contributed by atoms with E-state index in [-0.39, 0.29) is 5.63 Å². The number of aromatic amines is 1. The number of hydrogen-bond donors (Lipinski definition) is 3. The van der Waals surface area contributed by atoms with Crippen molar-refractivity contribution in [2.75, 3.05) is 32.2 Å². The Hall–Kier alpha value is -3.16. The molecule has 2 aromatic heterocycles. The monoisotopic (exact) mass is 397 g/mol. The van der Waals surface area contributed by atoms with Crippen molar-refractivity contribution >= 4 is 27.7 Å². The second kappa shape index (κ2) is 10.4. The fraction of sp³-hybridized carbons (Fsp3) is 0.273. The molecule has 0 bridgehead atoms.